The third-order valence-corrected chi connectivity index (χ3v) is 10.1. The molecule has 2 N–H and O–H groups in total. The van der Waals surface area contributed by atoms with Crippen molar-refractivity contribution >= 4 is 45.3 Å². The Kier molecular flexibility index (Phi) is 30.5. The minimum atomic E-state index is -0.768. The lowest BCUT2D eigenvalue weighted by atomic mass is 10.1. The van der Waals surface area contributed by atoms with Crippen LogP contribution in [0.15, 0.2) is 0 Å². The van der Waals surface area contributed by atoms with Crippen molar-refractivity contribution in [2.24, 2.45) is 0 Å². The van der Waals surface area contributed by atoms with Gasteiger partial charge in [-0.1, -0.05) is 151 Å². The van der Waals surface area contributed by atoms with Crippen molar-refractivity contribution in [3.8, 4) is 0 Å². The maximum atomic E-state index is 12.5. The SMILES string of the molecule is CCCCCCCCCCCCC(=O)N[C@@H](CSSC[C@H](NC(=O)CCCCCCCCCCCC)C(=O)OC)C(=O)OC. The van der Waals surface area contributed by atoms with Crippen molar-refractivity contribution in [3.05, 3.63) is 0 Å². The molecule has 0 aromatic heterocycles. The predicted molar refractivity (Wildman–Crippen MR) is 186 cm³/mol. The molecular formula is C34H64N2O6S2. The van der Waals surface area contributed by atoms with Gasteiger partial charge in [0.2, 0.25) is 11.8 Å². The van der Waals surface area contributed by atoms with Crippen LogP contribution in [-0.2, 0) is 28.7 Å². The van der Waals surface area contributed by atoms with Crippen LogP contribution in [0.25, 0.3) is 0 Å². The molecule has 0 saturated carbocycles. The number of hydrogen-bond acceptors (Lipinski definition) is 8. The molecule has 0 saturated heterocycles. The van der Waals surface area contributed by atoms with Crippen molar-refractivity contribution in [3.63, 3.8) is 0 Å². The van der Waals surface area contributed by atoms with E-state index in [-0.39, 0.29) is 11.8 Å². The number of methoxy groups -OCH3 is 2. The topological polar surface area (TPSA) is 111 Å². The summed E-state index contributed by atoms with van der Waals surface area (Å²) in [5.41, 5.74) is 0. The van der Waals surface area contributed by atoms with Gasteiger partial charge in [0.1, 0.15) is 12.1 Å². The molecule has 0 bridgehead atoms. The van der Waals surface area contributed by atoms with Gasteiger partial charge >= 0.3 is 11.9 Å². The molecule has 0 aliphatic heterocycles. The Bertz CT molecular complexity index is 681. The average molecular weight is 661 g/mol. The molecule has 2 amide bonds. The third-order valence-electron chi connectivity index (χ3n) is 7.71. The monoisotopic (exact) mass is 660 g/mol. The molecule has 2 atom stereocenters. The van der Waals surface area contributed by atoms with Gasteiger partial charge in [-0.15, -0.1) is 0 Å². The molecule has 0 radical (unpaired) electrons. The van der Waals surface area contributed by atoms with Gasteiger partial charge in [0.05, 0.1) is 14.2 Å². The standard InChI is InChI=1S/C34H64N2O6S2/c1-5-7-9-11-13-15-17-19-21-23-25-31(37)35-29(33(39)41-3)27-43-44-28-30(34(40)42-4)36-32(38)26-24-22-20-18-16-14-12-10-8-6-2/h29-30H,5-28H2,1-4H3,(H,35,37)(H,36,38)/t29-,30-/m0/s1. The van der Waals surface area contributed by atoms with Gasteiger partial charge in [-0.25, -0.2) is 9.59 Å². The van der Waals surface area contributed by atoms with Crippen LogP contribution in [0.4, 0.5) is 0 Å². The predicted octanol–water partition coefficient (Wildman–Crippen LogP) is 8.31. The summed E-state index contributed by atoms with van der Waals surface area (Å²) < 4.78 is 9.77. The van der Waals surface area contributed by atoms with Crippen molar-refractivity contribution < 1.29 is 28.7 Å². The van der Waals surface area contributed by atoms with Crippen LogP contribution < -0.4 is 10.6 Å². The van der Waals surface area contributed by atoms with Crippen LogP contribution in [0, 0.1) is 0 Å². The van der Waals surface area contributed by atoms with Crippen molar-refractivity contribution in [1.29, 1.82) is 0 Å². The number of ether oxygens (including phenoxy) is 2. The van der Waals surface area contributed by atoms with Gasteiger partial charge in [-0.2, -0.15) is 0 Å². The van der Waals surface area contributed by atoms with Crippen LogP contribution in [0.1, 0.15) is 155 Å². The van der Waals surface area contributed by atoms with Crippen LogP contribution >= 0.6 is 21.6 Å². The summed E-state index contributed by atoms with van der Waals surface area (Å²) in [4.78, 5) is 49.5. The van der Waals surface area contributed by atoms with E-state index in [1.807, 2.05) is 0 Å². The fraction of sp³-hybridized carbons (Fsp3) is 0.882. The molecule has 0 aliphatic carbocycles. The Morgan fingerprint density at radius 1 is 0.477 bits per heavy atom. The van der Waals surface area contributed by atoms with E-state index in [0.717, 1.165) is 38.5 Å². The number of hydrogen-bond donors (Lipinski definition) is 2. The quantitative estimate of drug-likeness (QED) is 0.0434. The minimum absolute atomic E-state index is 0.155. The molecule has 0 rings (SSSR count). The van der Waals surface area contributed by atoms with Gasteiger partial charge in [0.15, 0.2) is 0 Å². The summed E-state index contributed by atoms with van der Waals surface area (Å²) in [7, 11) is 5.31. The third kappa shape index (κ3) is 25.9. The largest absolute Gasteiger partial charge is 0.467 e. The van der Waals surface area contributed by atoms with E-state index in [1.54, 1.807) is 0 Å². The molecule has 258 valence electrons. The molecule has 0 fully saturated rings. The molecule has 0 aliphatic rings. The molecule has 10 heteroatoms. The van der Waals surface area contributed by atoms with Crippen LogP contribution in [0.2, 0.25) is 0 Å². The van der Waals surface area contributed by atoms with Crippen LogP contribution in [0.5, 0.6) is 0 Å². The summed E-state index contributed by atoms with van der Waals surface area (Å²) in [5.74, 6) is -0.717. The lowest BCUT2D eigenvalue weighted by Crippen LogP contribution is -2.44. The van der Waals surface area contributed by atoms with E-state index in [4.69, 9.17) is 9.47 Å². The van der Waals surface area contributed by atoms with E-state index in [1.165, 1.54) is 126 Å². The Hall–Kier alpha value is -1.42. The number of carbonyl (C=O) groups is 4. The molecule has 8 nitrogen and oxygen atoms in total. The fourth-order valence-electron chi connectivity index (χ4n) is 4.93. The molecule has 0 aromatic rings. The Morgan fingerprint density at radius 2 is 0.750 bits per heavy atom. The number of nitrogens with one attached hydrogen (secondary N) is 2. The normalized spacial score (nSPS) is 12.4. The van der Waals surface area contributed by atoms with Crippen LogP contribution in [-0.4, -0.2) is 61.6 Å². The maximum absolute atomic E-state index is 12.5. The first-order valence-electron chi connectivity index (χ1n) is 17.4. The molecular weight excluding hydrogens is 597 g/mol. The number of rotatable bonds is 31. The van der Waals surface area contributed by atoms with Gasteiger partial charge in [0.25, 0.3) is 0 Å². The van der Waals surface area contributed by atoms with E-state index < -0.39 is 24.0 Å². The van der Waals surface area contributed by atoms with Gasteiger partial charge in [-0.05, 0) is 12.8 Å². The highest BCUT2D eigenvalue weighted by Gasteiger charge is 2.24. The smallest absolute Gasteiger partial charge is 0.329 e. The average Bonchev–Trinajstić information content (AvgIpc) is 3.02. The summed E-state index contributed by atoms with van der Waals surface area (Å²) in [6, 6.07) is -1.54. The number of esters is 2. The highest BCUT2D eigenvalue weighted by molar-refractivity contribution is 8.76. The number of carbonyl (C=O) groups excluding carboxylic acids is 4. The molecule has 0 spiro atoms. The first-order valence-corrected chi connectivity index (χ1v) is 19.9. The van der Waals surface area contributed by atoms with Crippen molar-refractivity contribution in [2.75, 3.05) is 25.7 Å². The van der Waals surface area contributed by atoms with E-state index in [2.05, 4.69) is 24.5 Å². The Morgan fingerprint density at radius 3 is 1.02 bits per heavy atom. The summed E-state index contributed by atoms with van der Waals surface area (Å²) in [6.45, 7) is 4.46. The summed E-state index contributed by atoms with van der Waals surface area (Å²) >= 11 is 0. The molecule has 0 aromatic carbocycles. The van der Waals surface area contributed by atoms with Crippen LogP contribution in [0.3, 0.4) is 0 Å². The second-order valence-electron chi connectivity index (χ2n) is 11.7. The van der Waals surface area contributed by atoms with Crippen molar-refractivity contribution in [1.82, 2.24) is 10.6 Å². The zero-order valence-electron chi connectivity index (χ0n) is 28.4. The molecule has 0 heterocycles. The van der Waals surface area contributed by atoms with Crippen molar-refractivity contribution in [2.45, 2.75) is 167 Å². The zero-order valence-corrected chi connectivity index (χ0v) is 30.0. The van der Waals surface area contributed by atoms with Gasteiger partial charge in [0, 0.05) is 24.3 Å². The Labute approximate surface area is 276 Å². The first kappa shape index (κ1) is 42.6. The van der Waals surface area contributed by atoms with Gasteiger partial charge < -0.3 is 20.1 Å². The summed E-state index contributed by atoms with van der Waals surface area (Å²) in [6.07, 6.45) is 24.7. The lowest BCUT2D eigenvalue weighted by Gasteiger charge is -2.18. The highest BCUT2D eigenvalue weighted by Crippen LogP contribution is 2.24. The molecule has 44 heavy (non-hydrogen) atoms. The summed E-state index contributed by atoms with van der Waals surface area (Å²) in [5, 5.41) is 5.59. The lowest BCUT2D eigenvalue weighted by molar-refractivity contribution is -0.144. The number of amides is 2. The van der Waals surface area contributed by atoms with E-state index >= 15 is 0 Å². The van der Waals surface area contributed by atoms with Gasteiger partial charge in [-0.3, -0.25) is 9.59 Å². The number of unbranched alkanes of at least 4 members (excludes halogenated alkanes) is 18. The highest BCUT2D eigenvalue weighted by atomic mass is 33.1. The fourth-order valence-corrected chi connectivity index (χ4v) is 7.23. The Balaban J connectivity index is 4.25. The minimum Gasteiger partial charge on any atom is -0.467 e. The maximum Gasteiger partial charge on any atom is 0.329 e. The first-order chi connectivity index (χ1) is 21.4. The molecule has 0 unspecified atom stereocenters. The van der Waals surface area contributed by atoms with E-state index in [0.29, 0.717) is 24.3 Å². The zero-order chi connectivity index (χ0) is 32.7. The second-order valence-corrected chi connectivity index (χ2v) is 14.3. The second kappa shape index (κ2) is 31.6. The van der Waals surface area contributed by atoms with E-state index in [9.17, 15) is 19.2 Å².